The zero-order valence-corrected chi connectivity index (χ0v) is 12.4. The third-order valence-electron chi connectivity index (χ3n) is 3.04. The Hall–Kier alpha value is -2.20. The van der Waals surface area contributed by atoms with E-state index in [0.29, 0.717) is 23.7 Å². The quantitative estimate of drug-likeness (QED) is 0.835. The summed E-state index contributed by atoms with van der Waals surface area (Å²) >= 11 is 5.78. The third-order valence-corrected chi connectivity index (χ3v) is 3.35. The number of benzene rings is 2. The van der Waals surface area contributed by atoms with Gasteiger partial charge in [-0.1, -0.05) is 24.3 Å². The zero-order chi connectivity index (χ0) is 15.2. The van der Waals surface area contributed by atoms with Crippen molar-refractivity contribution in [3.05, 3.63) is 59.2 Å². The SMILES string of the molecule is COc1ccc(C(=O)NCc2cccc(CCl)c2)cc1O. The highest BCUT2D eigenvalue weighted by atomic mass is 35.5. The summed E-state index contributed by atoms with van der Waals surface area (Å²) < 4.78 is 4.94. The predicted molar refractivity (Wildman–Crippen MR) is 81.8 cm³/mol. The second kappa shape index (κ2) is 6.99. The molecule has 0 heterocycles. The maximum Gasteiger partial charge on any atom is 0.251 e. The van der Waals surface area contributed by atoms with Gasteiger partial charge in [-0.15, -0.1) is 11.6 Å². The molecule has 2 aromatic carbocycles. The summed E-state index contributed by atoms with van der Waals surface area (Å²) in [4.78, 5) is 12.0. The number of methoxy groups -OCH3 is 1. The van der Waals surface area contributed by atoms with Crippen LogP contribution in [0.5, 0.6) is 11.5 Å². The summed E-state index contributed by atoms with van der Waals surface area (Å²) in [6, 6.07) is 12.2. The van der Waals surface area contributed by atoms with Gasteiger partial charge in [0, 0.05) is 18.0 Å². The first-order valence-electron chi connectivity index (χ1n) is 6.43. The highest BCUT2D eigenvalue weighted by Gasteiger charge is 2.09. The van der Waals surface area contributed by atoms with Crippen molar-refractivity contribution >= 4 is 17.5 Å². The average molecular weight is 306 g/mol. The minimum atomic E-state index is -0.260. The molecule has 0 fully saturated rings. The van der Waals surface area contributed by atoms with E-state index < -0.39 is 0 Å². The standard InChI is InChI=1S/C16H16ClNO3/c1-21-15-6-5-13(8-14(15)19)16(20)18-10-12-4-2-3-11(7-12)9-17/h2-8,19H,9-10H2,1H3,(H,18,20). The maximum atomic E-state index is 12.0. The van der Waals surface area contributed by atoms with Crippen LogP contribution in [-0.4, -0.2) is 18.1 Å². The maximum absolute atomic E-state index is 12.0. The molecule has 110 valence electrons. The monoisotopic (exact) mass is 305 g/mol. The lowest BCUT2D eigenvalue weighted by molar-refractivity contribution is 0.0950. The number of amides is 1. The van der Waals surface area contributed by atoms with Crippen molar-refractivity contribution in [3.63, 3.8) is 0 Å². The molecule has 0 aliphatic heterocycles. The molecule has 0 saturated carbocycles. The molecule has 0 aromatic heterocycles. The van der Waals surface area contributed by atoms with E-state index in [-0.39, 0.29) is 11.7 Å². The summed E-state index contributed by atoms with van der Waals surface area (Å²) in [7, 11) is 1.46. The van der Waals surface area contributed by atoms with Gasteiger partial charge in [0.15, 0.2) is 11.5 Å². The van der Waals surface area contributed by atoms with Crippen LogP contribution < -0.4 is 10.1 Å². The molecule has 21 heavy (non-hydrogen) atoms. The van der Waals surface area contributed by atoms with E-state index in [9.17, 15) is 9.90 Å². The van der Waals surface area contributed by atoms with Crippen LogP contribution >= 0.6 is 11.6 Å². The lowest BCUT2D eigenvalue weighted by Crippen LogP contribution is -2.22. The summed E-state index contributed by atoms with van der Waals surface area (Å²) in [6.07, 6.45) is 0. The van der Waals surface area contributed by atoms with Crippen LogP contribution in [0.1, 0.15) is 21.5 Å². The fourth-order valence-corrected chi connectivity index (χ4v) is 2.10. The molecule has 2 aromatic rings. The number of rotatable bonds is 5. The average Bonchev–Trinajstić information content (AvgIpc) is 2.52. The number of alkyl halides is 1. The van der Waals surface area contributed by atoms with Crippen molar-refractivity contribution in [3.8, 4) is 11.5 Å². The molecule has 0 aliphatic carbocycles. The molecule has 2 rings (SSSR count). The Morgan fingerprint density at radius 1 is 1.24 bits per heavy atom. The Morgan fingerprint density at radius 3 is 2.67 bits per heavy atom. The Bertz CT molecular complexity index is 643. The number of carbonyl (C=O) groups excluding carboxylic acids is 1. The molecule has 0 unspecified atom stereocenters. The fourth-order valence-electron chi connectivity index (χ4n) is 1.94. The van der Waals surface area contributed by atoms with Crippen LogP contribution in [0, 0.1) is 0 Å². The second-order valence-corrected chi connectivity index (χ2v) is 4.79. The lowest BCUT2D eigenvalue weighted by Gasteiger charge is -2.08. The Morgan fingerprint density at radius 2 is 2.00 bits per heavy atom. The minimum absolute atomic E-state index is 0.0608. The highest BCUT2D eigenvalue weighted by molar-refractivity contribution is 6.17. The summed E-state index contributed by atoms with van der Waals surface area (Å²) in [6.45, 7) is 0.399. The van der Waals surface area contributed by atoms with Gasteiger partial charge in [0.1, 0.15) is 0 Å². The van der Waals surface area contributed by atoms with Gasteiger partial charge in [-0.2, -0.15) is 0 Å². The summed E-state index contributed by atoms with van der Waals surface area (Å²) in [5, 5.41) is 12.5. The Labute approximate surface area is 128 Å². The molecule has 0 radical (unpaired) electrons. The van der Waals surface area contributed by atoms with Gasteiger partial charge in [0.05, 0.1) is 7.11 Å². The topological polar surface area (TPSA) is 58.6 Å². The molecule has 5 heteroatoms. The van der Waals surface area contributed by atoms with E-state index in [1.807, 2.05) is 24.3 Å². The predicted octanol–water partition coefficient (Wildman–Crippen LogP) is 3.07. The molecule has 0 saturated heterocycles. The number of hydrogen-bond acceptors (Lipinski definition) is 3. The van der Waals surface area contributed by atoms with Crippen LogP contribution in [0.15, 0.2) is 42.5 Å². The van der Waals surface area contributed by atoms with Crippen molar-refractivity contribution in [2.45, 2.75) is 12.4 Å². The molecular weight excluding hydrogens is 290 g/mol. The largest absolute Gasteiger partial charge is 0.504 e. The number of ether oxygens (including phenoxy) is 1. The smallest absolute Gasteiger partial charge is 0.251 e. The third kappa shape index (κ3) is 3.89. The van der Waals surface area contributed by atoms with Gasteiger partial charge in [-0.25, -0.2) is 0 Å². The highest BCUT2D eigenvalue weighted by Crippen LogP contribution is 2.26. The van der Waals surface area contributed by atoms with Crippen LogP contribution in [0.2, 0.25) is 0 Å². The van der Waals surface area contributed by atoms with Crippen molar-refractivity contribution in [1.82, 2.24) is 5.32 Å². The van der Waals surface area contributed by atoms with E-state index in [0.717, 1.165) is 11.1 Å². The van der Waals surface area contributed by atoms with E-state index in [4.69, 9.17) is 16.3 Å². The van der Waals surface area contributed by atoms with Crippen molar-refractivity contribution < 1.29 is 14.6 Å². The number of halogens is 1. The van der Waals surface area contributed by atoms with Crippen LogP contribution in [0.4, 0.5) is 0 Å². The molecule has 2 N–H and O–H groups in total. The minimum Gasteiger partial charge on any atom is -0.504 e. The van der Waals surface area contributed by atoms with Gasteiger partial charge in [0.2, 0.25) is 0 Å². The number of carbonyl (C=O) groups is 1. The van der Waals surface area contributed by atoms with Gasteiger partial charge >= 0.3 is 0 Å². The van der Waals surface area contributed by atoms with Crippen LogP contribution in [-0.2, 0) is 12.4 Å². The molecule has 0 atom stereocenters. The molecule has 4 nitrogen and oxygen atoms in total. The van der Waals surface area contributed by atoms with E-state index in [2.05, 4.69) is 5.32 Å². The normalized spacial score (nSPS) is 10.2. The number of aromatic hydroxyl groups is 1. The first kappa shape index (κ1) is 15.2. The fraction of sp³-hybridized carbons (Fsp3) is 0.188. The van der Waals surface area contributed by atoms with Crippen LogP contribution in [0.3, 0.4) is 0 Å². The zero-order valence-electron chi connectivity index (χ0n) is 11.6. The number of phenols is 1. The molecular formula is C16H16ClNO3. The second-order valence-electron chi connectivity index (χ2n) is 4.52. The Balaban J connectivity index is 2.02. The van der Waals surface area contributed by atoms with Crippen molar-refractivity contribution in [2.75, 3.05) is 7.11 Å². The van der Waals surface area contributed by atoms with E-state index >= 15 is 0 Å². The molecule has 1 amide bonds. The van der Waals surface area contributed by atoms with Gasteiger partial charge in [-0.05, 0) is 29.3 Å². The lowest BCUT2D eigenvalue weighted by atomic mass is 10.1. The van der Waals surface area contributed by atoms with Gasteiger partial charge in [0.25, 0.3) is 5.91 Å². The van der Waals surface area contributed by atoms with E-state index in [1.54, 1.807) is 12.1 Å². The first-order valence-corrected chi connectivity index (χ1v) is 6.96. The van der Waals surface area contributed by atoms with Crippen LogP contribution in [0.25, 0.3) is 0 Å². The summed E-state index contributed by atoms with van der Waals surface area (Å²) in [5.41, 5.74) is 2.35. The molecule has 0 bridgehead atoms. The number of phenolic OH excluding ortho intramolecular Hbond substituents is 1. The van der Waals surface area contributed by atoms with Gasteiger partial charge in [-0.3, -0.25) is 4.79 Å². The van der Waals surface area contributed by atoms with Crippen molar-refractivity contribution in [2.24, 2.45) is 0 Å². The number of hydrogen-bond donors (Lipinski definition) is 2. The first-order chi connectivity index (χ1) is 10.1. The Kier molecular flexibility index (Phi) is 5.06. The van der Waals surface area contributed by atoms with Crippen molar-refractivity contribution in [1.29, 1.82) is 0 Å². The van der Waals surface area contributed by atoms with Gasteiger partial charge < -0.3 is 15.2 Å². The molecule has 0 spiro atoms. The summed E-state index contributed by atoms with van der Waals surface area (Å²) in [5.74, 6) is 0.452. The number of nitrogens with one attached hydrogen (secondary N) is 1. The van der Waals surface area contributed by atoms with E-state index in [1.165, 1.54) is 13.2 Å². The molecule has 0 aliphatic rings.